The van der Waals surface area contributed by atoms with Gasteiger partial charge in [0.1, 0.15) is 17.5 Å². The molecule has 1 heterocycles. The number of hydrogen-bond donors (Lipinski definition) is 1. The molecule has 0 amide bonds. The molecule has 0 unspecified atom stereocenters. The van der Waals surface area contributed by atoms with Crippen molar-refractivity contribution in [2.24, 2.45) is 0 Å². The predicted molar refractivity (Wildman–Crippen MR) is 70.7 cm³/mol. The van der Waals surface area contributed by atoms with Crippen LogP contribution in [0.15, 0.2) is 34.9 Å². The van der Waals surface area contributed by atoms with Gasteiger partial charge in [-0.25, -0.2) is 9.97 Å². The molecule has 1 aromatic carbocycles. The van der Waals surface area contributed by atoms with Gasteiger partial charge in [0.25, 0.3) is 0 Å². The van der Waals surface area contributed by atoms with Gasteiger partial charge in [-0.05, 0) is 40.2 Å². The molecule has 0 atom stereocenters. The van der Waals surface area contributed by atoms with Gasteiger partial charge in [-0.2, -0.15) is 5.26 Å². The van der Waals surface area contributed by atoms with Gasteiger partial charge in [-0.1, -0.05) is 0 Å². The monoisotopic (exact) mass is 304 g/mol. The molecule has 2 aromatic rings. The van der Waals surface area contributed by atoms with Crippen molar-refractivity contribution in [1.82, 2.24) is 9.97 Å². The molecular weight excluding hydrogens is 296 g/mol. The Morgan fingerprint density at radius 1 is 1.39 bits per heavy atom. The fourth-order valence-corrected chi connectivity index (χ4v) is 1.90. The topological polar surface area (TPSA) is 70.8 Å². The highest BCUT2D eigenvalue weighted by Gasteiger charge is 2.03. The van der Waals surface area contributed by atoms with Crippen molar-refractivity contribution in [2.75, 3.05) is 12.4 Å². The van der Waals surface area contributed by atoms with Gasteiger partial charge in [0.05, 0.1) is 11.6 Å². The molecule has 0 radical (unpaired) electrons. The lowest BCUT2D eigenvalue weighted by Gasteiger charge is -2.07. The number of halogens is 1. The second kappa shape index (κ2) is 5.47. The van der Waals surface area contributed by atoms with Crippen LogP contribution in [0.2, 0.25) is 0 Å². The number of methoxy groups -OCH3 is 1. The third-order valence-electron chi connectivity index (χ3n) is 2.18. The highest BCUT2D eigenvalue weighted by molar-refractivity contribution is 9.10. The van der Waals surface area contributed by atoms with E-state index in [1.54, 1.807) is 13.2 Å². The first-order chi connectivity index (χ1) is 8.72. The molecule has 6 heteroatoms. The third-order valence-corrected chi connectivity index (χ3v) is 2.80. The van der Waals surface area contributed by atoms with Crippen molar-refractivity contribution in [3.63, 3.8) is 0 Å². The summed E-state index contributed by atoms with van der Waals surface area (Å²) in [5.74, 6) is 1.12. The van der Waals surface area contributed by atoms with Gasteiger partial charge in [-0.15, -0.1) is 0 Å². The molecule has 0 saturated heterocycles. The Bertz CT molecular complexity index is 609. The van der Waals surface area contributed by atoms with E-state index < -0.39 is 0 Å². The number of nitrogens with zero attached hydrogens (tertiary/aromatic N) is 3. The molecule has 1 N–H and O–H groups in total. The SMILES string of the molecule is COc1ccc(Nc2nccc(C#N)n2)cc1Br. The van der Waals surface area contributed by atoms with Crippen LogP contribution in [0.25, 0.3) is 0 Å². The number of rotatable bonds is 3. The minimum absolute atomic E-state index is 0.320. The zero-order valence-corrected chi connectivity index (χ0v) is 11.1. The largest absolute Gasteiger partial charge is 0.496 e. The Hall–Kier alpha value is -2.13. The number of anilines is 2. The molecule has 5 nitrogen and oxygen atoms in total. The van der Waals surface area contributed by atoms with E-state index in [1.807, 2.05) is 24.3 Å². The van der Waals surface area contributed by atoms with E-state index in [2.05, 4.69) is 31.2 Å². The van der Waals surface area contributed by atoms with E-state index in [4.69, 9.17) is 10.00 Å². The molecule has 0 aliphatic heterocycles. The van der Waals surface area contributed by atoms with Crippen molar-refractivity contribution in [3.05, 3.63) is 40.6 Å². The first-order valence-corrected chi connectivity index (χ1v) is 5.86. The number of aromatic nitrogens is 2. The zero-order valence-electron chi connectivity index (χ0n) is 9.51. The maximum absolute atomic E-state index is 8.75. The second-order valence-electron chi connectivity index (χ2n) is 3.35. The van der Waals surface area contributed by atoms with Crippen molar-refractivity contribution in [3.8, 4) is 11.8 Å². The Balaban J connectivity index is 2.23. The van der Waals surface area contributed by atoms with Crippen LogP contribution in [-0.4, -0.2) is 17.1 Å². The van der Waals surface area contributed by atoms with Crippen molar-refractivity contribution < 1.29 is 4.74 Å². The van der Waals surface area contributed by atoms with E-state index in [0.717, 1.165) is 15.9 Å². The van der Waals surface area contributed by atoms with Crippen molar-refractivity contribution in [2.45, 2.75) is 0 Å². The molecule has 18 heavy (non-hydrogen) atoms. The normalized spacial score (nSPS) is 9.61. The van der Waals surface area contributed by atoms with Gasteiger partial charge in [-0.3, -0.25) is 0 Å². The predicted octanol–water partition coefficient (Wildman–Crippen LogP) is 2.86. The molecule has 1 aromatic heterocycles. The fourth-order valence-electron chi connectivity index (χ4n) is 1.35. The van der Waals surface area contributed by atoms with E-state index in [0.29, 0.717) is 11.6 Å². The number of hydrogen-bond acceptors (Lipinski definition) is 5. The Kier molecular flexibility index (Phi) is 3.75. The average molecular weight is 305 g/mol. The Labute approximate surface area is 113 Å². The Morgan fingerprint density at radius 3 is 2.89 bits per heavy atom. The molecule has 0 spiro atoms. The molecule has 0 saturated carbocycles. The van der Waals surface area contributed by atoms with E-state index in [1.165, 1.54) is 6.20 Å². The fraction of sp³-hybridized carbons (Fsp3) is 0.0833. The van der Waals surface area contributed by atoms with Crippen LogP contribution in [0.3, 0.4) is 0 Å². The number of nitriles is 1. The summed E-state index contributed by atoms with van der Waals surface area (Å²) in [7, 11) is 1.60. The first kappa shape index (κ1) is 12.3. The Morgan fingerprint density at radius 2 is 2.22 bits per heavy atom. The quantitative estimate of drug-likeness (QED) is 0.944. The lowest BCUT2D eigenvalue weighted by atomic mass is 10.3. The molecule has 0 fully saturated rings. The van der Waals surface area contributed by atoms with Crippen molar-refractivity contribution >= 4 is 27.6 Å². The smallest absolute Gasteiger partial charge is 0.228 e. The first-order valence-electron chi connectivity index (χ1n) is 5.06. The van der Waals surface area contributed by atoms with Gasteiger partial charge < -0.3 is 10.1 Å². The lowest BCUT2D eigenvalue weighted by molar-refractivity contribution is 0.412. The summed E-state index contributed by atoms with van der Waals surface area (Å²) in [5.41, 5.74) is 1.12. The van der Waals surface area contributed by atoms with Crippen LogP contribution in [0.4, 0.5) is 11.6 Å². The van der Waals surface area contributed by atoms with Crippen LogP contribution < -0.4 is 10.1 Å². The molecule has 0 aliphatic carbocycles. The molecular formula is C12H9BrN4O. The van der Waals surface area contributed by atoms with Crippen LogP contribution in [0.5, 0.6) is 5.75 Å². The van der Waals surface area contributed by atoms with E-state index in [9.17, 15) is 0 Å². The highest BCUT2D eigenvalue weighted by atomic mass is 79.9. The average Bonchev–Trinajstić information content (AvgIpc) is 2.39. The summed E-state index contributed by atoms with van der Waals surface area (Å²) in [4.78, 5) is 8.06. The minimum atomic E-state index is 0.320. The summed E-state index contributed by atoms with van der Waals surface area (Å²) >= 11 is 3.39. The highest BCUT2D eigenvalue weighted by Crippen LogP contribution is 2.28. The van der Waals surface area contributed by atoms with E-state index >= 15 is 0 Å². The molecule has 2 rings (SSSR count). The summed E-state index contributed by atoms with van der Waals surface area (Å²) in [6, 6.07) is 9.02. The number of ether oxygens (including phenoxy) is 1. The maximum atomic E-state index is 8.75. The maximum Gasteiger partial charge on any atom is 0.228 e. The summed E-state index contributed by atoms with van der Waals surface area (Å²) in [6.07, 6.45) is 1.53. The summed E-state index contributed by atoms with van der Waals surface area (Å²) < 4.78 is 5.96. The van der Waals surface area contributed by atoms with Gasteiger partial charge in [0.15, 0.2) is 0 Å². The second-order valence-corrected chi connectivity index (χ2v) is 4.21. The lowest BCUT2D eigenvalue weighted by Crippen LogP contribution is -1.98. The third kappa shape index (κ3) is 2.76. The minimum Gasteiger partial charge on any atom is -0.496 e. The number of nitrogens with one attached hydrogen (secondary N) is 1. The molecule has 0 aliphatic rings. The molecule has 90 valence electrons. The van der Waals surface area contributed by atoms with Gasteiger partial charge in [0, 0.05) is 11.9 Å². The van der Waals surface area contributed by atoms with E-state index in [-0.39, 0.29) is 0 Å². The summed E-state index contributed by atoms with van der Waals surface area (Å²) in [5, 5.41) is 11.8. The van der Waals surface area contributed by atoms with Gasteiger partial charge >= 0.3 is 0 Å². The van der Waals surface area contributed by atoms with Crippen LogP contribution in [-0.2, 0) is 0 Å². The molecule has 0 bridgehead atoms. The zero-order chi connectivity index (χ0) is 13.0. The standard InChI is InChI=1S/C12H9BrN4O/c1-18-11-3-2-8(6-10(11)13)16-12-15-5-4-9(7-14)17-12/h2-6H,1H3,(H,15,16,17). The van der Waals surface area contributed by atoms with Crippen molar-refractivity contribution in [1.29, 1.82) is 5.26 Å². The van der Waals surface area contributed by atoms with Gasteiger partial charge in [0.2, 0.25) is 5.95 Å². The van der Waals surface area contributed by atoms with Crippen LogP contribution >= 0.6 is 15.9 Å². The van der Waals surface area contributed by atoms with Crippen LogP contribution in [0.1, 0.15) is 5.69 Å². The number of benzene rings is 1. The van der Waals surface area contributed by atoms with Crippen LogP contribution in [0, 0.1) is 11.3 Å². The summed E-state index contributed by atoms with van der Waals surface area (Å²) in [6.45, 7) is 0.